The molecule has 244 valence electrons. The van der Waals surface area contributed by atoms with Crippen LogP contribution in [0.2, 0.25) is 0 Å². The molecule has 0 heterocycles. The second-order valence-corrected chi connectivity index (χ2v) is 11.6. The molecule has 2 aromatic carbocycles. The molecule has 2 aliphatic carbocycles. The number of alkyl halides is 4. The molecule has 2 aromatic rings. The lowest BCUT2D eigenvalue weighted by molar-refractivity contribution is 0.199. The summed E-state index contributed by atoms with van der Waals surface area (Å²) in [5.41, 5.74) is 4.01. The molecule has 0 amide bonds. The van der Waals surface area contributed by atoms with E-state index in [2.05, 4.69) is 31.2 Å². The maximum absolute atomic E-state index is 13.1. The molecule has 0 aromatic heterocycles. The summed E-state index contributed by atoms with van der Waals surface area (Å²) in [6.45, 7) is 0.0715. The maximum Gasteiger partial charge on any atom is 0.483 e. The van der Waals surface area contributed by atoms with Gasteiger partial charge in [-0.05, 0) is 124 Å². The Kier molecular flexibility index (Phi) is 21.6. The summed E-state index contributed by atoms with van der Waals surface area (Å²) in [5.74, 6) is 2.74. The molecule has 1 nitrogen and oxygen atoms in total. The number of aryl methyl sites for hydroxylation is 1. The molecule has 0 unspecified atom stereocenters. The van der Waals surface area contributed by atoms with Crippen LogP contribution >= 0.6 is 0 Å². The van der Waals surface area contributed by atoms with Gasteiger partial charge < -0.3 is 0 Å². The summed E-state index contributed by atoms with van der Waals surface area (Å²) in [4.78, 5) is 8.11. The molecule has 2 aliphatic rings. The summed E-state index contributed by atoms with van der Waals surface area (Å²) in [5, 5.41) is 0. The number of halogens is 7. The van der Waals surface area contributed by atoms with E-state index in [4.69, 9.17) is 4.79 Å². The molecule has 2 saturated carbocycles. The molecule has 0 bridgehead atoms. The monoisotopic (exact) mass is 618 g/mol. The van der Waals surface area contributed by atoms with E-state index in [0.717, 1.165) is 49.5 Å². The Morgan fingerprint density at radius 2 is 1.12 bits per heavy atom. The number of unbranched alkanes of at least 4 members (excludes halogenated alkanes) is 2. The van der Waals surface area contributed by atoms with Gasteiger partial charge in [-0.2, -0.15) is 0 Å². The average molecular weight is 619 g/mol. The Labute approximate surface area is 253 Å². The van der Waals surface area contributed by atoms with Crippen LogP contribution in [0.1, 0.15) is 118 Å². The molecule has 0 aliphatic heterocycles. The number of carbonyl (C=O) groups excluding carboxylic acids is 1. The predicted octanol–water partition coefficient (Wildman–Crippen LogP) is 12.6. The lowest BCUT2D eigenvalue weighted by atomic mass is 9.77. The van der Waals surface area contributed by atoms with Crippen molar-refractivity contribution in [3.8, 4) is 0 Å². The van der Waals surface area contributed by atoms with Crippen molar-refractivity contribution in [3.05, 3.63) is 71.0 Å². The second-order valence-electron chi connectivity index (χ2n) is 11.6. The highest BCUT2D eigenvalue weighted by molar-refractivity contribution is 5.55. The smallest absolute Gasteiger partial charge is 0.251 e. The maximum atomic E-state index is 13.1. The van der Waals surface area contributed by atoms with Crippen molar-refractivity contribution in [3.63, 3.8) is 0 Å². The van der Waals surface area contributed by atoms with E-state index in [1.165, 1.54) is 68.6 Å². The predicted molar refractivity (Wildman–Crippen MR) is 161 cm³/mol. The summed E-state index contributed by atoms with van der Waals surface area (Å²) >= 11 is 0. The Balaban J connectivity index is 0.000000355. The molecule has 0 atom stereocenters. The summed E-state index contributed by atoms with van der Waals surface area (Å²) in [6, 6.07) is 16.1. The van der Waals surface area contributed by atoms with Gasteiger partial charge in [0.05, 0.1) is 13.3 Å². The van der Waals surface area contributed by atoms with Gasteiger partial charge in [0.25, 0.3) is 0 Å². The van der Waals surface area contributed by atoms with Gasteiger partial charge in [0.2, 0.25) is 6.93 Å². The van der Waals surface area contributed by atoms with Crippen molar-refractivity contribution in [1.29, 1.82) is 0 Å². The van der Waals surface area contributed by atoms with Crippen molar-refractivity contribution < 1.29 is 35.5 Å². The first-order valence-electron chi connectivity index (χ1n) is 15.6. The Hall–Kier alpha value is -2.38. The highest BCUT2D eigenvalue weighted by atomic mass is 19.3. The zero-order chi connectivity index (χ0) is 31.9. The summed E-state index contributed by atoms with van der Waals surface area (Å²) in [6.07, 6.45) is 13.3. The number of hydrogen-bond acceptors (Lipinski definition) is 1. The van der Waals surface area contributed by atoms with Crippen molar-refractivity contribution in [2.45, 2.75) is 109 Å². The van der Waals surface area contributed by atoms with E-state index >= 15 is 0 Å². The third kappa shape index (κ3) is 18.1. The van der Waals surface area contributed by atoms with Crippen LogP contribution in [0.25, 0.3) is 0 Å². The summed E-state index contributed by atoms with van der Waals surface area (Å²) < 4.78 is 75.9. The fraction of sp³-hybridized carbons (Fsp3) is 0.629. The van der Waals surface area contributed by atoms with Crippen LogP contribution in [0.4, 0.5) is 35.5 Å². The van der Waals surface area contributed by atoms with E-state index in [1.54, 1.807) is 12.1 Å². The zero-order valence-electron chi connectivity index (χ0n) is 25.5. The molecule has 0 spiro atoms. The normalized spacial score (nSPS) is 21.2. The fourth-order valence-electron chi connectivity index (χ4n) is 6.24. The minimum atomic E-state index is -2.83. The standard InChI is InChI=1S/C18H27F.C15H20F2.CF2O.CH2F2/c1-15-6-10-17(11-7-15)18-12-8-16(9-13-18)5-3-2-4-14-19;16-10-2-3-12-6-8-13(9-7-12)14-4-1-5-15(17)11-14;2-1(3)4;2-1-3/h6-7,10-11,16,18H,2-5,8-9,12-14H2,1H3;1,4-5,11-13H,2-3,6-10H2;;1H2. The Bertz CT molecular complexity index is 949. The SMILES string of the molecule is Cc1ccc(C2CCC(CCCCCF)CC2)cc1.FCCCC1CCC(c2cccc(F)c2)CC1.FCF.O=C(F)F. The lowest BCUT2D eigenvalue weighted by Gasteiger charge is -2.29. The van der Waals surface area contributed by atoms with Gasteiger partial charge in [0, 0.05) is 0 Å². The lowest BCUT2D eigenvalue weighted by Crippen LogP contribution is -2.13. The third-order valence-corrected chi connectivity index (χ3v) is 8.55. The first-order valence-corrected chi connectivity index (χ1v) is 15.6. The molecule has 0 radical (unpaired) electrons. The number of hydrogen-bond donors (Lipinski definition) is 0. The molecule has 0 saturated heterocycles. The van der Waals surface area contributed by atoms with E-state index in [-0.39, 0.29) is 19.2 Å². The van der Waals surface area contributed by atoms with Crippen molar-refractivity contribution >= 4 is 6.29 Å². The molecule has 2 fully saturated rings. The largest absolute Gasteiger partial charge is 0.483 e. The quantitative estimate of drug-likeness (QED) is 0.147. The first-order chi connectivity index (χ1) is 20.7. The second kappa shape index (κ2) is 24.0. The van der Waals surface area contributed by atoms with Gasteiger partial charge in [0.15, 0.2) is 0 Å². The molecular weight excluding hydrogens is 569 g/mol. The van der Waals surface area contributed by atoms with Crippen LogP contribution in [0.5, 0.6) is 0 Å². The topological polar surface area (TPSA) is 17.1 Å². The van der Waals surface area contributed by atoms with Crippen molar-refractivity contribution in [2.24, 2.45) is 11.8 Å². The van der Waals surface area contributed by atoms with Crippen molar-refractivity contribution in [1.82, 2.24) is 0 Å². The molecule has 8 heteroatoms. The van der Waals surface area contributed by atoms with Gasteiger partial charge >= 0.3 is 6.29 Å². The van der Waals surface area contributed by atoms with Gasteiger partial charge in [-0.3, -0.25) is 8.78 Å². The Morgan fingerprint density at radius 3 is 1.58 bits per heavy atom. The first kappa shape index (κ1) is 38.6. The molecule has 0 N–H and O–H groups in total. The highest BCUT2D eigenvalue weighted by Gasteiger charge is 2.23. The van der Waals surface area contributed by atoms with Crippen LogP contribution in [-0.4, -0.2) is 26.6 Å². The van der Waals surface area contributed by atoms with E-state index in [9.17, 15) is 30.7 Å². The van der Waals surface area contributed by atoms with Crippen LogP contribution in [0.3, 0.4) is 0 Å². The van der Waals surface area contributed by atoms with E-state index in [1.807, 2.05) is 6.07 Å². The number of carbonyl (C=O) groups is 1. The number of rotatable bonds is 10. The Morgan fingerprint density at radius 1 is 0.651 bits per heavy atom. The van der Waals surface area contributed by atoms with Crippen molar-refractivity contribution in [2.75, 3.05) is 20.3 Å². The third-order valence-electron chi connectivity index (χ3n) is 8.55. The van der Waals surface area contributed by atoms with Crippen LogP contribution in [0, 0.1) is 24.6 Å². The molecule has 43 heavy (non-hydrogen) atoms. The fourth-order valence-corrected chi connectivity index (χ4v) is 6.24. The zero-order valence-corrected chi connectivity index (χ0v) is 25.5. The van der Waals surface area contributed by atoms with E-state index < -0.39 is 13.2 Å². The van der Waals surface area contributed by atoms with Crippen LogP contribution in [0.15, 0.2) is 48.5 Å². The molecule has 4 rings (SSSR count). The minimum Gasteiger partial charge on any atom is -0.251 e. The highest BCUT2D eigenvalue weighted by Crippen LogP contribution is 2.38. The van der Waals surface area contributed by atoms with Gasteiger partial charge in [-0.1, -0.05) is 61.2 Å². The average Bonchev–Trinajstić information content (AvgIpc) is 3.00. The summed E-state index contributed by atoms with van der Waals surface area (Å²) in [7, 11) is 0. The van der Waals surface area contributed by atoms with Gasteiger partial charge in [-0.15, -0.1) is 8.78 Å². The number of benzene rings is 2. The van der Waals surface area contributed by atoms with Gasteiger partial charge in [-0.25, -0.2) is 18.0 Å². The van der Waals surface area contributed by atoms with Crippen LogP contribution in [-0.2, 0) is 0 Å². The van der Waals surface area contributed by atoms with Crippen LogP contribution < -0.4 is 0 Å². The van der Waals surface area contributed by atoms with E-state index in [0.29, 0.717) is 18.3 Å². The van der Waals surface area contributed by atoms with Gasteiger partial charge in [0.1, 0.15) is 5.82 Å². The minimum absolute atomic E-state index is 0.137. The molecular formula is C35H49F7O.